The molecule has 1 aliphatic carbocycles. The quantitative estimate of drug-likeness (QED) is 0.333. The van der Waals surface area contributed by atoms with Crippen molar-refractivity contribution < 1.29 is 18.7 Å². The number of benzene rings is 1. The highest BCUT2D eigenvalue weighted by Crippen LogP contribution is 2.40. The summed E-state index contributed by atoms with van der Waals surface area (Å²) >= 11 is 0. The molecule has 1 saturated heterocycles. The van der Waals surface area contributed by atoms with Gasteiger partial charge in [-0.25, -0.2) is 14.2 Å². The highest BCUT2D eigenvalue weighted by atomic mass is 19.1. The Balaban J connectivity index is 1.27. The molecule has 3 aromatic heterocycles. The molecule has 2 aliphatic rings. The second kappa shape index (κ2) is 9.53. The Morgan fingerprint density at radius 3 is 2.61 bits per heavy atom. The van der Waals surface area contributed by atoms with Gasteiger partial charge in [-0.2, -0.15) is 0 Å². The molecule has 0 radical (unpaired) electrons. The molecule has 1 aliphatic heterocycles. The van der Waals surface area contributed by atoms with Gasteiger partial charge in [-0.1, -0.05) is 24.3 Å². The highest BCUT2D eigenvalue weighted by Gasteiger charge is 2.32. The zero-order chi connectivity index (χ0) is 26.4. The lowest BCUT2D eigenvalue weighted by Crippen LogP contribution is -2.37. The number of rotatable bonds is 4. The molecule has 4 heterocycles. The number of nitrogens with zero attached hydrogens (tertiary/aromatic N) is 5. The first-order valence-corrected chi connectivity index (χ1v) is 13.3. The molecule has 9 heteroatoms. The van der Waals surface area contributed by atoms with Gasteiger partial charge in [-0.3, -0.25) is 4.40 Å². The Labute approximate surface area is 220 Å². The van der Waals surface area contributed by atoms with Crippen LogP contribution in [0.15, 0.2) is 48.7 Å². The van der Waals surface area contributed by atoms with Crippen LogP contribution in [0.2, 0.25) is 0 Å². The van der Waals surface area contributed by atoms with Crippen molar-refractivity contribution in [2.24, 2.45) is 0 Å². The predicted molar refractivity (Wildman–Crippen MR) is 142 cm³/mol. The molecule has 1 amide bonds. The fraction of sp³-hybridized carbons (Fsp3) is 0.448. The number of alkyl halides is 1. The van der Waals surface area contributed by atoms with E-state index in [0.717, 1.165) is 11.0 Å². The lowest BCUT2D eigenvalue weighted by atomic mass is 10.1. The minimum absolute atomic E-state index is 0.183. The monoisotopic (exact) mass is 517 g/mol. The van der Waals surface area contributed by atoms with Crippen molar-refractivity contribution in [3.8, 4) is 17.3 Å². The van der Waals surface area contributed by atoms with Gasteiger partial charge in [-0.15, -0.1) is 10.2 Å². The number of hydrogen-bond acceptors (Lipinski definition) is 6. The number of pyridine rings is 2. The van der Waals surface area contributed by atoms with Crippen molar-refractivity contribution in [3.63, 3.8) is 0 Å². The van der Waals surface area contributed by atoms with E-state index >= 15 is 4.39 Å². The molecule has 2 atom stereocenters. The third kappa shape index (κ3) is 5.01. The smallest absolute Gasteiger partial charge is 0.410 e. The molecule has 0 N–H and O–H groups in total. The number of carbonyl (C=O) groups is 1. The molecule has 0 spiro atoms. The lowest BCUT2D eigenvalue weighted by molar-refractivity contribution is 0.0252. The van der Waals surface area contributed by atoms with Crippen LogP contribution >= 0.6 is 0 Å². The second-order valence-electron chi connectivity index (χ2n) is 11.2. The van der Waals surface area contributed by atoms with E-state index in [9.17, 15) is 4.79 Å². The van der Waals surface area contributed by atoms with Crippen molar-refractivity contribution in [3.05, 3.63) is 54.2 Å². The molecule has 38 heavy (non-hydrogen) atoms. The molecule has 0 bridgehead atoms. The number of ether oxygens (including phenoxy) is 2. The summed E-state index contributed by atoms with van der Waals surface area (Å²) in [6.07, 6.45) is 2.72. The maximum absolute atomic E-state index is 15.2. The SMILES string of the molecule is CC(C)(C)OC(=O)N1CC[C@@H](F)[C@H](Oc2cccc3ccc(-c4nnc5ccc(C6CC6)cn45)nc23)CC1. The number of halogens is 1. The maximum atomic E-state index is 15.2. The van der Waals surface area contributed by atoms with Crippen LogP contribution in [0.25, 0.3) is 28.1 Å². The number of fused-ring (bicyclic) bond motifs is 2. The van der Waals surface area contributed by atoms with E-state index < -0.39 is 24.0 Å². The summed E-state index contributed by atoms with van der Waals surface area (Å²) in [5, 5.41) is 9.63. The standard InChI is InChI=1S/C29H32FN5O3/c1-29(2,3)38-28(36)34-15-13-21(30)23(14-16-34)37-24-6-4-5-19-9-11-22(31-26(19)24)27-33-32-25-12-10-20(17-35(25)27)18-7-8-18/h4-6,9-12,17-18,21,23H,7-8,13-16H2,1-3H3/t21-,23-/m1/s1. The summed E-state index contributed by atoms with van der Waals surface area (Å²) in [4.78, 5) is 19.0. The molecule has 8 nitrogen and oxygen atoms in total. The second-order valence-corrected chi connectivity index (χ2v) is 11.2. The summed E-state index contributed by atoms with van der Waals surface area (Å²) in [5.74, 6) is 1.78. The van der Waals surface area contributed by atoms with Gasteiger partial charge in [0.2, 0.25) is 0 Å². The number of hydrogen-bond donors (Lipinski definition) is 0. The Morgan fingerprint density at radius 2 is 1.82 bits per heavy atom. The van der Waals surface area contributed by atoms with Gasteiger partial charge in [0, 0.05) is 31.1 Å². The highest BCUT2D eigenvalue weighted by molar-refractivity contribution is 5.86. The number of para-hydroxylation sites is 1. The van der Waals surface area contributed by atoms with E-state index in [-0.39, 0.29) is 13.0 Å². The fourth-order valence-corrected chi connectivity index (χ4v) is 4.93. The molecule has 6 rings (SSSR count). The van der Waals surface area contributed by atoms with E-state index in [1.807, 2.05) is 61.6 Å². The summed E-state index contributed by atoms with van der Waals surface area (Å²) < 4.78 is 28.9. The van der Waals surface area contributed by atoms with E-state index in [1.165, 1.54) is 18.4 Å². The number of aromatic nitrogens is 4. The normalized spacial score (nSPS) is 20.5. The third-order valence-corrected chi connectivity index (χ3v) is 7.08. The average molecular weight is 518 g/mol. The molecule has 2 fully saturated rings. The van der Waals surface area contributed by atoms with Crippen LogP contribution < -0.4 is 4.74 Å². The minimum atomic E-state index is -1.22. The first kappa shape index (κ1) is 24.6. The Kier molecular flexibility index (Phi) is 6.16. The van der Waals surface area contributed by atoms with Gasteiger partial charge >= 0.3 is 6.09 Å². The van der Waals surface area contributed by atoms with Gasteiger partial charge in [0.15, 0.2) is 11.5 Å². The van der Waals surface area contributed by atoms with E-state index in [0.29, 0.717) is 41.7 Å². The van der Waals surface area contributed by atoms with E-state index in [4.69, 9.17) is 14.5 Å². The number of carbonyl (C=O) groups excluding carboxylic acids is 1. The first-order valence-electron chi connectivity index (χ1n) is 13.3. The summed E-state index contributed by atoms with van der Waals surface area (Å²) in [7, 11) is 0. The van der Waals surface area contributed by atoms with Gasteiger partial charge < -0.3 is 14.4 Å². The third-order valence-electron chi connectivity index (χ3n) is 7.08. The molecule has 0 unspecified atom stereocenters. The zero-order valence-corrected chi connectivity index (χ0v) is 21.9. The minimum Gasteiger partial charge on any atom is -0.485 e. The average Bonchev–Trinajstić information content (AvgIpc) is 3.67. The van der Waals surface area contributed by atoms with Crippen molar-refractivity contribution in [1.82, 2.24) is 24.5 Å². The first-order chi connectivity index (χ1) is 18.2. The molecular weight excluding hydrogens is 485 g/mol. The van der Waals surface area contributed by atoms with Crippen molar-refractivity contribution in [2.45, 2.75) is 70.2 Å². The Hall–Kier alpha value is -3.75. The van der Waals surface area contributed by atoms with Crippen LogP contribution in [0.5, 0.6) is 5.75 Å². The van der Waals surface area contributed by atoms with Crippen LogP contribution in [0.4, 0.5) is 9.18 Å². The van der Waals surface area contributed by atoms with Crippen molar-refractivity contribution in [2.75, 3.05) is 13.1 Å². The van der Waals surface area contributed by atoms with Crippen LogP contribution in [-0.4, -0.2) is 61.5 Å². The van der Waals surface area contributed by atoms with Gasteiger partial charge in [-0.05, 0) is 69.7 Å². The number of amides is 1. The van der Waals surface area contributed by atoms with Crippen molar-refractivity contribution in [1.29, 1.82) is 0 Å². The Morgan fingerprint density at radius 1 is 1.00 bits per heavy atom. The fourth-order valence-electron chi connectivity index (χ4n) is 4.93. The molecule has 1 aromatic carbocycles. The van der Waals surface area contributed by atoms with E-state index in [2.05, 4.69) is 22.5 Å². The van der Waals surface area contributed by atoms with Crippen LogP contribution in [0, 0.1) is 0 Å². The molecule has 198 valence electrons. The van der Waals surface area contributed by atoms with Gasteiger partial charge in [0.1, 0.15) is 34.8 Å². The van der Waals surface area contributed by atoms with E-state index in [1.54, 1.807) is 4.90 Å². The molecule has 1 saturated carbocycles. The Bertz CT molecular complexity index is 1490. The van der Waals surface area contributed by atoms with Gasteiger partial charge in [0.25, 0.3) is 0 Å². The van der Waals surface area contributed by atoms with Crippen molar-refractivity contribution >= 4 is 22.6 Å². The topological polar surface area (TPSA) is 81.8 Å². The van der Waals surface area contributed by atoms with Gasteiger partial charge in [0.05, 0.1) is 0 Å². The number of likely N-dealkylation sites (tertiary alicyclic amines) is 1. The largest absolute Gasteiger partial charge is 0.485 e. The zero-order valence-electron chi connectivity index (χ0n) is 21.9. The maximum Gasteiger partial charge on any atom is 0.410 e. The summed E-state index contributed by atoms with van der Waals surface area (Å²) in [5.41, 5.74) is 2.76. The predicted octanol–water partition coefficient (Wildman–Crippen LogP) is 5.94. The van der Waals surface area contributed by atoms with Crippen LogP contribution in [0.1, 0.15) is 57.9 Å². The molecular formula is C29H32FN5O3. The summed E-state index contributed by atoms with van der Waals surface area (Å²) in [6.45, 7) is 6.11. The van der Waals surface area contributed by atoms with Crippen LogP contribution in [0.3, 0.4) is 0 Å². The van der Waals surface area contributed by atoms with Crippen LogP contribution in [-0.2, 0) is 4.74 Å². The molecule has 4 aromatic rings. The summed E-state index contributed by atoms with van der Waals surface area (Å²) in [6, 6.07) is 13.7. The lowest BCUT2D eigenvalue weighted by Gasteiger charge is -2.26.